The van der Waals surface area contributed by atoms with Crippen molar-refractivity contribution in [3.05, 3.63) is 93.0 Å². The van der Waals surface area contributed by atoms with E-state index < -0.39 is 5.97 Å². The number of carbonyl (C=O) groups excluding carboxylic acids is 1. The van der Waals surface area contributed by atoms with Gasteiger partial charge >= 0.3 is 5.97 Å². The number of aromatic nitrogens is 4. The summed E-state index contributed by atoms with van der Waals surface area (Å²) in [6.07, 6.45) is 1.73. The van der Waals surface area contributed by atoms with Crippen molar-refractivity contribution >= 4 is 33.2 Å². The van der Waals surface area contributed by atoms with Crippen molar-refractivity contribution in [1.29, 1.82) is 0 Å². The highest BCUT2D eigenvalue weighted by Crippen LogP contribution is 2.30. The molecule has 0 aliphatic heterocycles. The smallest absolute Gasteiger partial charge is 0.348 e. The SMILES string of the molecule is Cc1ccc2nc(COC(=O)c3cc4c(C)nn(-c5ccccc5)c4s3)cc(=O)n2c1. The van der Waals surface area contributed by atoms with Crippen LogP contribution in [-0.2, 0) is 11.3 Å². The van der Waals surface area contributed by atoms with Gasteiger partial charge in [0.2, 0.25) is 0 Å². The van der Waals surface area contributed by atoms with Crippen LogP contribution >= 0.6 is 11.3 Å². The number of fused-ring (bicyclic) bond motifs is 2. The van der Waals surface area contributed by atoms with Crippen molar-refractivity contribution in [3.63, 3.8) is 0 Å². The number of hydrogen-bond acceptors (Lipinski definition) is 6. The molecule has 0 spiro atoms. The van der Waals surface area contributed by atoms with E-state index in [9.17, 15) is 9.59 Å². The lowest BCUT2D eigenvalue weighted by Gasteiger charge is -2.06. The summed E-state index contributed by atoms with van der Waals surface area (Å²) in [4.78, 5) is 30.8. The molecule has 0 fully saturated rings. The highest BCUT2D eigenvalue weighted by molar-refractivity contribution is 7.20. The van der Waals surface area contributed by atoms with Gasteiger partial charge < -0.3 is 4.74 Å². The molecule has 4 heterocycles. The van der Waals surface area contributed by atoms with Gasteiger partial charge in [-0.2, -0.15) is 5.10 Å². The van der Waals surface area contributed by atoms with Gasteiger partial charge in [0.1, 0.15) is 22.0 Å². The molecular weight excluding hydrogens is 412 g/mol. The van der Waals surface area contributed by atoms with Gasteiger partial charge in [-0.15, -0.1) is 11.3 Å². The summed E-state index contributed by atoms with van der Waals surface area (Å²) in [5.41, 5.74) is 3.46. The maximum Gasteiger partial charge on any atom is 0.348 e. The highest BCUT2D eigenvalue weighted by Gasteiger charge is 2.18. The number of thiophene rings is 1. The standard InChI is InChI=1S/C23H18N4O3S/c1-14-8-9-20-24-16(10-21(28)26(20)12-14)13-30-23(29)19-11-18-15(2)25-27(22(18)31-19)17-6-4-3-5-7-17/h3-12H,13H2,1-2H3. The summed E-state index contributed by atoms with van der Waals surface area (Å²) < 4.78 is 8.77. The van der Waals surface area contributed by atoms with Crippen molar-refractivity contribution < 1.29 is 9.53 Å². The topological polar surface area (TPSA) is 78.5 Å². The van der Waals surface area contributed by atoms with Gasteiger partial charge in [-0.05, 0) is 43.7 Å². The van der Waals surface area contributed by atoms with Gasteiger partial charge in [-0.25, -0.2) is 14.5 Å². The van der Waals surface area contributed by atoms with E-state index in [1.54, 1.807) is 18.3 Å². The Kier molecular flexibility index (Phi) is 4.63. The van der Waals surface area contributed by atoms with E-state index in [-0.39, 0.29) is 12.2 Å². The normalized spacial score (nSPS) is 11.3. The zero-order chi connectivity index (χ0) is 21.5. The summed E-state index contributed by atoms with van der Waals surface area (Å²) in [6, 6.07) is 16.6. The third-order valence-electron chi connectivity index (χ3n) is 4.96. The highest BCUT2D eigenvalue weighted by atomic mass is 32.1. The summed E-state index contributed by atoms with van der Waals surface area (Å²) in [5.74, 6) is -0.453. The number of nitrogens with zero attached hydrogens (tertiary/aromatic N) is 4. The maximum absolute atomic E-state index is 12.7. The molecule has 154 valence electrons. The average molecular weight is 430 g/mol. The molecule has 1 aromatic carbocycles. The number of para-hydroxylation sites is 1. The number of pyridine rings is 1. The van der Waals surface area contributed by atoms with Crippen molar-refractivity contribution in [2.24, 2.45) is 0 Å². The minimum Gasteiger partial charge on any atom is -0.455 e. The molecule has 5 rings (SSSR count). The first kappa shape index (κ1) is 19.2. The lowest BCUT2D eigenvalue weighted by atomic mass is 10.3. The molecule has 0 saturated carbocycles. The number of benzene rings is 1. The fourth-order valence-corrected chi connectivity index (χ4v) is 4.51. The fourth-order valence-electron chi connectivity index (χ4n) is 3.43. The van der Waals surface area contributed by atoms with E-state index in [4.69, 9.17) is 4.74 Å². The molecule has 31 heavy (non-hydrogen) atoms. The van der Waals surface area contributed by atoms with Crippen molar-refractivity contribution in [3.8, 4) is 5.69 Å². The Bertz CT molecular complexity index is 1500. The molecule has 0 aliphatic carbocycles. The van der Waals surface area contributed by atoms with E-state index in [2.05, 4.69) is 10.1 Å². The number of rotatable bonds is 4. The van der Waals surface area contributed by atoms with E-state index in [0.29, 0.717) is 16.2 Å². The Morgan fingerprint density at radius 3 is 2.71 bits per heavy atom. The predicted molar refractivity (Wildman–Crippen MR) is 119 cm³/mol. The van der Waals surface area contributed by atoms with Crippen LogP contribution in [0.25, 0.3) is 21.6 Å². The second kappa shape index (κ2) is 7.48. The fraction of sp³-hybridized carbons (Fsp3) is 0.130. The van der Waals surface area contributed by atoms with Crippen LogP contribution in [0.1, 0.15) is 26.6 Å². The van der Waals surface area contributed by atoms with Gasteiger partial charge in [0, 0.05) is 17.6 Å². The summed E-state index contributed by atoms with van der Waals surface area (Å²) in [6.45, 7) is 3.75. The molecule has 0 atom stereocenters. The molecule has 0 aliphatic rings. The summed E-state index contributed by atoms with van der Waals surface area (Å²) in [7, 11) is 0. The van der Waals surface area contributed by atoms with Crippen LogP contribution in [0.2, 0.25) is 0 Å². The van der Waals surface area contributed by atoms with Gasteiger partial charge in [0.25, 0.3) is 5.56 Å². The molecule has 7 nitrogen and oxygen atoms in total. The van der Waals surface area contributed by atoms with Crippen LogP contribution in [0.4, 0.5) is 0 Å². The monoisotopic (exact) mass is 430 g/mol. The zero-order valence-electron chi connectivity index (χ0n) is 16.9. The Balaban J connectivity index is 1.40. The largest absolute Gasteiger partial charge is 0.455 e. The molecule has 5 aromatic rings. The third kappa shape index (κ3) is 3.51. The molecule has 4 aromatic heterocycles. The lowest BCUT2D eigenvalue weighted by molar-refractivity contribution is 0.0473. The molecule has 0 amide bonds. The van der Waals surface area contributed by atoms with E-state index >= 15 is 0 Å². The zero-order valence-corrected chi connectivity index (χ0v) is 17.7. The molecule has 0 bridgehead atoms. The van der Waals surface area contributed by atoms with Crippen LogP contribution in [-0.4, -0.2) is 25.1 Å². The molecule has 0 N–H and O–H groups in total. The van der Waals surface area contributed by atoms with Crippen LogP contribution in [0, 0.1) is 13.8 Å². The molecule has 0 unspecified atom stereocenters. The van der Waals surface area contributed by atoms with E-state index in [1.165, 1.54) is 21.8 Å². The van der Waals surface area contributed by atoms with Crippen molar-refractivity contribution in [2.75, 3.05) is 0 Å². The van der Waals surface area contributed by atoms with Crippen LogP contribution in [0.3, 0.4) is 0 Å². The van der Waals surface area contributed by atoms with Gasteiger partial charge in [-0.3, -0.25) is 9.20 Å². The van der Waals surface area contributed by atoms with Crippen LogP contribution in [0.15, 0.2) is 65.6 Å². The number of aryl methyl sites for hydroxylation is 2. The number of ether oxygens (including phenoxy) is 1. The van der Waals surface area contributed by atoms with Crippen LogP contribution in [0.5, 0.6) is 0 Å². The first-order chi connectivity index (χ1) is 15.0. The second-order valence-electron chi connectivity index (χ2n) is 7.26. The first-order valence-electron chi connectivity index (χ1n) is 9.70. The molecule has 8 heteroatoms. The minimum atomic E-state index is -0.453. The summed E-state index contributed by atoms with van der Waals surface area (Å²) in [5, 5.41) is 5.50. The van der Waals surface area contributed by atoms with Gasteiger partial charge in [-0.1, -0.05) is 24.3 Å². The molecule has 0 radical (unpaired) electrons. The van der Waals surface area contributed by atoms with Gasteiger partial charge in [0.15, 0.2) is 0 Å². The van der Waals surface area contributed by atoms with Crippen molar-refractivity contribution in [1.82, 2.24) is 19.2 Å². The Morgan fingerprint density at radius 2 is 1.90 bits per heavy atom. The number of carbonyl (C=O) groups is 1. The lowest BCUT2D eigenvalue weighted by Crippen LogP contribution is -2.16. The van der Waals surface area contributed by atoms with E-state index in [0.717, 1.165) is 27.2 Å². The Hall–Kier alpha value is -3.78. The maximum atomic E-state index is 12.7. The predicted octanol–water partition coefficient (Wildman–Crippen LogP) is 4.07. The first-order valence-corrected chi connectivity index (χ1v) is 10.5. The number of esters is 1. The molecular formula is C23H18N4O3S. The van der Waals surface area contributed by atoms with Crippen molar-refractivity contribution in [2.45, 2.75) is 20.5 Å². The third-order valence-corrected chi connectivity index (χ3v) is 6.05. The average Bonchev–Trinajstić information content (AvgIpc) is 3.34. The van der Waals surface area contributed by atoms with Crippen LogP contribution < -0.4 is 5.56 Å². The van der Waals surface area contributed by atoms with Gasteiger partial charge in [0.05, 0.1) is 17.1 Å². The Morgan fingerprint density at radius 1 is 1.10 bits per heavy atom. The Labute approximate surface area is 181 Å². The molecule has 0 saturated heterocycles. The summed E-state index contributed by atoms with van der Waals surface area (Å²) >= 11 is 1.33. The van der Waals surface area contributed by atoms with E-state index in [1.807, 2.05) is 54.9 Å². The quantitative estimate of drug-likeness (QED) is 0.402. The second-order valence-corrected chi connectivity index (χ2v) is 8.29. The minimum absolute atomic E-state index is 0.0729. The number of hydrogen-bond donors (Lipinski definition) is 0.